The van der Waals surface area contributed by atoms with Crippen LogP contribution in [0.2, 0.25) is 0 Å². The van der Waals surface area contributed by atoms with Gasteiger partial charge in [0.1, 0.15) is 5.82 Å². The molecule has 12 rings (SSSR count). The van der Waals surface area contributed by atoms with Crippen molar-refractivity contribution in [3.63, 3.8) is 0 Å². The van der Waals surface area contributed by atoms with Crippen LogP contribution < -0.4 is 9.30 Å². The number of rotatable bonds is 9. The number of ether oxygens (including phenoxy) is 1. The number of para-hydroxylation sites is 1. The fraction of sp³-hybridized carbons (Fsp3) is 0.286. The number of hydrogen-bond acceptors (Lipinski definition) is 2. The maximum Gasteiger partial charge on any atom is 0.268 e. The van der Waals surface area contributed by atoms with Crippen molar-refractivity contribution in [1.29, 1.82) is 0 Å². The third kappa shape index (κ3) is 12.6. The summed E-state index contributed by atoms with van der Waals surface area (Å²) in [5.74, 6) is 1.80. The molecule has 460 valence electrons. The van der Waals surface area contributed by atoms with E-state index < -0.39 is 18.1 Å². The fourth-order valence-electron chi connectivity index (χ4n) is 11.9. The predicted molar refractivity (Wildman–Crippen MR) is 374 cm³/mol. The summed E-state index contributed by atoms with van der Waals surface area (Å²) in [5.41, 5.74) is 17.0. The molecule has 0 aliphatic heterocycles. The molecule has 3 heterocycles. The van der Waals surface area contributed by atoms with Gasteiger partial charge in [0.15, 0.2) is 0 Å². The Morgan fingerprint density at radius 1 is 0.422 bits per heavy atom. The zero-order valence-corrected chi connectivity index (χ0v) is 57.9. The molecule has 12 aromatic rings. The second-order valence-electron chi connectivity index (χ2n) is 30.4. The van der Waals surface area contributed by atoms with Gasteiger partial charge in [-0.1, -0.05) is 251 Å². The third-order valence-corrected chi connectivity index (χ3v) is 17.4. The Morgan fingerprint density at radius 2 is 0.967 bits per heavy atom. The second-order valence-corrected chi connectivity index (χ2v) is 30.4. The molecule has 0 saturated carbocycles. The van der Waals surface area contributed by atoms with E-state index in [0.717, 1.165) is 94.4 Å². The number of benzene rings is 9. The Kier molecular flexibility index (Phi) is 14.8. The van der Waals surface area contributed by atoms with Gasteiger partial charge in [-0.3, -0.25) is 4.57 Å². The molecule has 0 saturated heterocycles. The summed E-state index contributed by atoms with van der Waals surface area (Å²) in [5, 5.41) is 2.12. The van der Waals surface area contributed by atoms with Gasteiger partial charge in [-0.25, -0.2) is 4.98 Å². The van der Waals surface area contributed by atoms with Crippen LogP contribution in [0.5, 0.6) is 11.5 Å². The zero-order valence-electron chi connectivity index (χ0n) is 60.6. The molecule has 0 fully saturated rings. The number of pyridine rings is 1. The molecule has 0 unspecified atom stereocenters. The molecular formula is C84H86N4OPt-2. The summed E-state index contributed by atoms with van der Waals surface area (Å²) >= 11 is 0. The van der Waals surface area contributed by atoms with Crippen LogP contribution >= 0.6 is 0 Å². The summed E-state index contributed by atoms with van der Waals surface area (Å²) in [6.45, 7) is 40.3. The molecule has 90 heavy (non-hydrogen) atoms. The molecule has 9 aromatic carbocycles. The van der Waals surface area contributed by atoms with Crippen LogP contribution in [0, 0.1) is 18.5 Å². The molecule has 0 bridgehead atoms. The Balaban J connectivity index is 0.00000919. The van der Waals surface area contributed by atoms with Crippen LogP contribution in [0.25, 0.3) is 94.5 Å². The van der Waals surface area contributed by atoms with Crippen LogP contribution in [-0.2, 0) is 53.6 Å². The van der Waals surface area contributed by atoms with E-state index in [4.69, 9.17) is 13.8 Å². The minimum Gasteiger partial charge on any atom is -0.510 e. The quantitative estimate of drug-likeness (QED) is 0.107. The molecule has 0 aliphatic rings. The molecule has 0 N–H and O–H groups in total. The monoisotopic (exact) mass is 1370 g/mol. The molecule has 0 amide bonds. The topological polar surface area (TPSA) is 35.9 Å². The van der Waals surface area contributed by atoms with Crippen molar-refractivity contribution in [2.75, 3.05) is 0 Å². The summed E-state index contributed by atoms with van der Waals surface area (Å²) in [6.07, 6.45) is 5.86. The van der Waals surface area contributed by atoms with Gasteiger partial charge < -0.3 is 13.9 Å². The largest absolute Gasteiger partial charge is 0.510 e. The molecule has 6 heteroatoms. The predicted octanol–water partition coefficient (Wildman–Crippen LogP) is 22.0. The average Bonchev–Trinajstić information content (AvgIpc) is 1.71. The fourth-order valence-corrected chi connectivity index (χ4v) is 11.9. The first kappa shape index (κ1) is 57.1. The number of hydrogen-bond donors (Lipinski definition) is 0. The van der Waals surface area contributed by atoms with Gasteiger partial charge in [0.2, 0.25) is 0 Å². The number of aromatic nitrogens is 4. The van der Waals surface area contributed by atoms with Crippen LogP contribution in [0.3, 0.4) is 0 Å². The van der Waals surface area contributed by atoms with Crippen molar-refractivity contribution < 1.29 is 37.2 Å². The van der Waals surface area contributed by atoms with Crippen LogP contribution in [0.15, 0.2) is 194 Å². The van der Waals surface area contributed by atoms with Crippen molar-refractivity contribution in [1.82, 2.24) is 14.1 Å². The first-order valence-corrected chi connectivity index (χ1v) is 31.3. The Bertz CT molecular complexity index is 4920. The van der Waals surface area contributed by atoms with Crippen LogP contribution in [0.1, 0.15) is 165 Å². The van der Waals surface area contributed by atoms with Gasteiger partial charge in [0.25, 0.3) is 6.33 Å². The number of imidazole rings is 1. The van der Waals surface area contributed by atoms with E-state index in [-0.39, 0.29) is 71.2 Å². The van der Waals surface area contributed by atoms with E-state index in [0.29, 0.717) is 22.7 Å². The van der Waals surface area contributed by atoms with E-state index in [1.54, 1.807) is 0 Å². The molecule has 3 aromatic heterocycles. The maximum absolute atomic E-state index is 9.49. The van der Waals surface area contributed by atoms with E-state index in [9.17, 15) is 2.74 Å². The van der Waals surface area contributed by atoms with Crippen molar-refractivity contribution in [2.45, 2.75) is 157 Å². The van der Waals surface area contributed by atoms with E-state index >= 15 is 0 Å². The number of nitrogens with zero attached hydrogens (tertiary/aromatic N) is 4. The van der Waals surface area contributed by atoms with Gasteiger partial charge in [0, 0.05) is 44.3 Å². The van der Waals surface area contributed by atoms with E-state index in [1.165, 1.54) is 16.7 Å². The summed E-state index contributed by atoms with van der Waals surface area (Å²) < 4.78 is 59.0. The summed E-state index contributed by atoms with van der Waals surface area (Å²) in [7, 11) is 0. The molecule has 0 aliphatic carbocycles. The van der Waals surface area contributed by atoms with Crippen molar-refractivity contribution in [3.8, 4) is 73.2 Å². The van der Waals surface area contributed by atoms with Crippen LogP contribution in [0.4, 0.5) is 0 Å². The van der Waals surface area contributed by atoms with Gasteiger partial charge in [-0.15, -0.1) is 29.7 Å². The van der Waals surface area contributed by atoms with Gasteiger partial charge in [-0.05, 0) is 158 Å². The first-order valence-electron chi connectivity index (χ1n) is 33.8. The normalized spacial score (nSPS) is 13.5. The van der Waals surface area contributed by atoms with Gasteiger partial charge in [0.05, 0.1) is 23.6 Å². The van der Waals surface area contributed by atoms with E-state index in [1.807, 2.05) is 42.6 Å². The first-order chi connectivity index (χ1) is 43.9. The standard InChI is InChI=1S/C84H86N4O.Pt/c1-79(2,3)60-29-24-28-56(40-60)71-45-58(54-26-20-19-21-27-54)46-72(59-43-64(83(13,14)15)49-65(44-59)84(16,17)18)78(71)87-53-86(76-47-55(34-37-74(76)87)57-41-62(81(7,8)9)48-63(42-57)82(10,11)12)66-30-25-31-67(51-66)89-68-35-36-70-69-32-22-23-33-73(69)88(75(70)52-68)77-50-61(38-39-85-77)80(4,5)6;/h19-50H,1-18H3;/q-2;/i19D,20D,21D,26D,27D;. The van der Waals surface area contributed by atoms with Crippen LogP contribution in [-0.4, -0.2) is 14.1 Å². The average molecular weight is 1370 g/mol. The third-order valence-electron chi connectivity index (χ3n) is 17.4. The maximum atomic E-state index is 9.49. The Labute approximate surface area is 557 Å². The summed E-state index contributed by atoms with van der Waals surface area (Å²) in [6, 6.07) is 61.5. The molecule has 0 spiro atoms. The minimum absolute atomic E-state index is 0. The summed E-state index contributed by atoms with van der Waals surface area (Å²) in [4.78, 5) is 4.93. The zero-order chi connectivity index (χ0) is 67.7. The SMILES string of the molecule is [2H]c1c([2H])c([2H])c(-c2cc(-c3cccc(C(C)(C)C)c3)c(-[n+]3[c-]n(-c4[c-]c(Oc5[c-]c6c(cc5)c5ccccc5n6-c5cc(C(C)(C)C)ccn5)ccc4)c4cc(-c5cc(C(C)(C)C)cc(C(C)(C)C)c5)ccc43)c(-c3cc(C(C)(C)C)cc(C(C)(C)C)c3)c2)c([2H])c1[2H].[Pt]. The molecular weight excluding hydrogens is 1280 g/mol. The van der Waals surface area contributed by atoms with Crippen molar-refractivity contribution in [2.24, 2.45) is 0 Å². The Hall–Kier alpha value is -8.11. The molecule has 5 nitrogen and oxygen atoms in total. The minimum atomic E-state index is -0.442. The number of fused-ring (bicyclic) bond motifs is 4. The Morgan fingerprint density at radius 3 is 1.59 bits per heavy atom. The van der Waals surface area contributed by atoms with E-state index in [2.05, 4.69) is 278 Å². The van der Waals surface area contributed by atoms with Crippen molar-refractivity contribution in [3.05, 3.63) is 246 Å². The smallest absolute Gasteiger partial charge is 0.268 e. The molecule has 0 atom stereocenters. The van der Waals surface area contributed by atoms with Gasteiger partial charge >= 0.3 is 0 Å². The molecule has 0 radical (unpaired) electrons. The van der Waals surface area contributed by atoms with Crippen molar-refractivity contribution >= 4 is 32.8 Å². The second kappa shape index (κ2) is 23.3. The van der Waals surface area contributed by atoms with Gasteiger partial charge in [-0.2, -0.15) is 18.2 Å².